The lowest BCUT2D eigenvalue weighted by atomic mass is 10.3. The van der Waals surface area contributed by atoms with Gasteiger partial charge in [0.05, 0.1) is 12.7 Å². The number of nitrogens with one attached hydrogen (secondary N) is 1. The Morgan fingerprint density at radius 3 is 2.89 bits per heavy atom. The Morgan fingerprint density at radius 2 is 2.33 bits per heavy atom. The van der Waals surface area contributed by atoms with E-state index in [2.05, 4.69) is 4.98 Å². The van der Waals surface area contributed by atoms with Crippen molar-refractivity contribution in [2.75, 3.05) is 19.7 Å². The Bertz CT molecular complexity index is 550. The first-order valence-corrected chi connectivity index (χ1v) is 6.88. The van der Waals surface area contributed by atoms with Crippen LogP contribution in [0.25, 0.3) is 0 Å². The van der Waals surface area contributed by atoms with Crippen molar-refractivity contribution in [3.05, 3.63) is 18.0 Å². The number of rotatable bonds is 3. The van der Waals surface area contributed by atoms with Crippen LogP contribution in [0.1, 0.15) is 17.4 Å². The molecule has 1 unspecified atom stereocenters. The van der Waals surface area contributed by atoms with Gasteiger partial charge in [0.25, 0.3) is 0 Å². The minimum atomic E-state index is -3.65. The highest BCUT2D eigenvalue weighted by Gasteiger charge is 2.30. The Hall–Kier alpha value is -1.38. The highest BCUT2D eigenvalue weighted by Crippen LogP contribution is 2.19. The standard InChI is InChI=1S/C10H14N2O5S/c1-7-6-12(2-3-17-7)18(15,16)8-4-9(10(13)14)11-5-8/h4-5,7,11H,2-3,6H2,1H3,(H,13,14). The maximum atomic E-state index is 12.2. The van der Waals surface area contributed by atoms with Gasteiger partial charge >= 0.3 is 5.97 Å². The van der Waals surface area contributed by atoms with E-state index in [1.165, 1.54) is 10.5 Å². The third-order valence-corrected chi connectivity index (χ3v) is 4.57. The fourth-order valence-electron chi connectivity index (χ4n) is 1.80. The van der Waals surface area contributed by atoms with Gasteiger partial charge in [-0.15, -0.1) is 0 Å². The monoisotopic (exact) mass is 274 g/mol. The molecule has 1 saturated heterocycles. The van der Waals surface area contributed by atoms with Crippen molar-refractivity contribution in [1.29, 1.82) is 0 Å². The molecule has 0 spiro atoms. The van der Waals surface area contributed by atoms with E-state index in [9.17, 15) is 13.2 Å². The molecule has 2 heterocycles. The maximum Gasteiger partial charge on any atom is 0.352 e. The average Bonchev–Trinajstić information content (AvgIpc) is 2.79. The van der Waals surface area contributed by atoms with Gasteiger partial charge < -0.3 is 14.8 Å². The lowest BCUT2D eigenvalue weighted by Crippen LogP contribution is -2.44. The first kappa shape index (κ1) is 13.1. The van der Waals surface area contributed by atoms with E-state index < -0.39 is 16.0 Å². The SMILES string of the molecule is CC1CN(S(=O)(=O)c2c[nH]c(C(=O)O)c2)CCO1. The van der Waals surface area contributed by atoms with Crippen molar-refractivity contribution < 1.29 is 23.1 Å². The zero-order valence-electron chi connectivity index (χ0n) is 9.79. The predicted octanol–water partition coefficient (Wildman–Crippen LogP) is 0.122. The summed E-state index contributed by atoms with van der Waals surface area (Å²) >= 11 is 0. The molecule has 1 aromatic rings. The van der Waals surface area contributed by atoms with Gasteiger partial charge in [-0.2, -0.15) is 4.31 Å². The number of aromatic carboxylic acids is 1. The molecule has 1 aliphatic heterocycles. The molecule has 0 amide bonds. The summed E-state index contributed by atoms with van der Waals surface area (Å²) < 4.78 is 31.0. The van der Waals surface area contributed by atoms with Crippen molar-refractivity contribution in [3.63, 3.8) is 0 Å². The number of aromatic amines is 1. The number of carboxylic acid groups (broad SMARTS) is 1. The summed E-state index contributed by atoms with van der Waals surface area (Å²) in [4.78, 5) is 13.1. The fraction of sp³-hybridized carbons (Fsp3) is 0.500. The van der Waals surface area contributed by atoms with E-state index in [1.807, 2.05) is 0 Å². The maximum absolute atomic E-state index is 12.2. The van der Waals surface area contributed by atoms with Gasteiger partial charge in [0.2, 0.25) is 10.0 Å². The minimum absolute atomic E-state index is 0.0333. The molecule has 7 nitrogen and oxygen atoms in total. The average molecular weight is 274 g/mol. The number of hydrogen-bond acceptors (Lipinski definition) is 4. The normalized spacial score (nSPS) is 21.9. The molecule has 0 bridgehead atoms. The second-order valence-corrected chi connectivity index (χ2v) is 6.04. The number of H-pyrrole nitrogens is 1. The summed E-state index contributed by atoms with van der Waals surface area (Å²) in [5.74, 6) is -1.19. The summed E-state index contributed by atoms with van der Waals surface area (Å²) in [5, 5.41) is 8.76. The van der Waals surface area contributed by atoms with Crippen LogP contribution >= 0.6 is 0 Å². The van der Waals surface area contributed by atoms with Gasteiger partial charge in [-0.05, 0) is 13.0 Å². The van der Waals surface area contributed by atoms with E-state index in [4.69, 9.17) is 9.84 Å². The van der Waals surface area contributed by atoms with Crippen LogP contribution in [-0.2, 0) is 14.8 Å². The molecule has 1 aliphatic rings. The molecule has 0 aliphatic carbocycles. The highest BCUT2D eigenvalue weighted by atomic mass is 32.2. The Kier molecular flexibility index (Phi) is 3.42. The van der Waals surface area contributed by atoms with E-state index in [1.54, 1.807) is 6.92 Å². The highest BCUT2D eigenvalue weighted by molar-refractivity contribution is 7.89. The smallest absolute Gasteiger partial charge is 0.352 e. The largest absolute Gasteiger partial charge is 0.477 e. The van der Waals surface area contributed by atoms with Crippen molar-refractivity contribution >= 4 is 16.0 Å². The van der Waals surface area contributed by atoms with Gasteiger partial charge in [0.15, 0.2) is 0 Å². The topological polar surface area (TPSA) is 99.7 Å². The molecule has 100 valence electrons. The van der Waals surface area contributed by atoms with E-state index >= 15 is 0 Å². The summed E-state index contributed by atoms with van der Waals surface area (Å²) in [6, 6.07) is 1.12. The molecule has 2 N–H and O–H groups in total. The van der Waals surface area contributed by atoms with E-state index in [-0.39, 0.29) is 29.8 Å². The van der Waals surface area contributed by atoms with Crippen molar-refractivity contribution in [1.82, 2.24) is 9.29 Å². The molecule has 2 rings (SSSR count). The summed E-state index contributed by atoms with van der Waals surface area (Å²) in [7, 11) is -3.65. The second kappa shape index (κ2) is 4.71. The number of nitrogens with zero attached hydrogens (tertiary/aromatic N) is 1. The van der Waals surface area contributed by atoms with Crippen LogP contribution in [0.3, 0.4) is 0 Å². The minimum Gasteiger partial charge on any atom is -0.477 e. The Labute approximate surface area is 104 Å². The number of sulfonamides is 1. The molecular formula is C10H14N2O5S. The number of carbonyl (C=O) groups is 1. The molecule has 18 heavy (non-hydrogen) atoms. The van der Waals surface area contributed by atoms with Gasteiger partial charge in [-0.25, -0.2) is 13.2 Å². The van der Waals surface area contributed by atoms with Crippen LogP contribution in [0, 0.1) is 0 Å². The van der Waals surface area contributed by atoms with Gasteiger partial charge in [0.1, 0.15) is 10.6 Å². The molecule has 0 aromatic carbocycles. The summed E-state index contributed by atoms with van der Waals surface area (Å²) in [6.07, 6.45) is 1.03. The Morgan fingerprint density at radius 1 is 1.61 bits per heavy atom. The van der Waals surface area contributed by atoms with Crippen LogP contribution in [-0.4, -0.2) is 54.6 Å². The molecule has 0 saturated carbocycles. The number of aromatic nitrogens is 1. The molecule has 8 heteroatoms. The second-order valence-electron chi connectivity index (χ2n) is 4.10. The summed E-state index contributed by atoms with van der Waals surface area (Å²) in [5.41, 5.74) is -0.144. The fourth-order valence-corrected chi connectivity index (χ4v) is 3.29. The zero-order valence-corrected chi connectivity index (χ0v) is 10.6. The van der Waals surface area contributed by atoms with Crippen LogP contribution < -0.4 is 0 Å². The van der Waals surface area contributed by atoms with Crippen LogP contribution in [0.2, 0.25) is 0 Å². The van der Waals surface area contributed by atoms with E-state index in [0.29, 0.717) is 6.61 Å². The lowest BCUT2D eigenvalue weighted by molar-refractivity contribution is 0.0102. The van der Waals surface area contributed by atoms with Gasteiger partial charge in [-0.3, -0.25) is 0 Å². The van der Waals surface area contributed by atoms with Crippen molar-refractivity contribution in [3.8, 4) is 0 Å². The first-order chi connectivity index (χ1) is 8.41. The number of morpholine rings is 1. The summed E-state index contributed by atoms with van der Waals surface area (Å²) in [6.45, 7) is 2.69. The number of carboxylic acids is 1. The molecule has 0 radical (unpaired) electrons. The third kappa shape index (κ3) is 2.40. The van der Waals surface area contributed by atoms with Crippen LogP contribution in [0.4, 0.5) is 0 Å². The lowest BCUT2D eigenvalue weighted by Gasteiger charge is -2.29. The number of hydrogen-bond donors (Lipinski definition) is 2. The molecule has 1 fully saturated rings. The van der Waals surface area contributed by atoms with Gasteiger partial charge in [-0.1, -0.05) is 0 Å². The van der Waals surface area contributed by atoms with Gasteiger partial charge in [0, 0.05) is 19.3 Å². The number of ether oxygens (including phenoxy) is 1. The van der Waals surface area contributed by atoms with E-state index in [0.717, 1.165) is 6.07 Å². The first-order valence-electron chi connectivity index (χ1n) is 5.44. The molecular weight excluding hydrogens is 260 g/mol. The quantitative estimate of drug-likeness (QED) is 0.815. The van der Waals surface area contributed by atoms with Crippen LogP contribution in [0.15, 0.2) is 17.2 Å². The Balaban J connectivity index is 2.26. The van der Waals surface area contributed by atoms with Crippen LogP contribution in [0.5, 0.6) is 0 Å². The predicted molar refractivity (Wildman–Crippen MR) is 61.9 cm³/mol. The molecule has 1 atom stereocenters. The third-order valence-electron chi connectivity index (χ3n) is 2.73. The van der Waals surface area contributed by atoms with Crippen molar-refractivity contribution in [2.45, 2.75) is 17.9 Å². The molecule has 1 aromatic heterocycles. The zero-order chi connectivity index (χ0) is 13.3. The van der Waals surface area contributed by atoms with Crippen molar-refractivity contribution in [2.24, 2.45) is 0 Å².